The van der Waals surface area contributed by atoms with Crippen LogP contribution < -0.4 is 0 Å². The molecule has 0 aliphatic heterocycles. The van der Waals surface area contributed by atoms with Crippen molar-refractivity contribution in [1.29, 1.82) is 0 Å². The number of rotatable bonds is 1. The monoisotopic (exact) mass is 161 g/mol. The van der Waals surface area contributed by atoms with Gasteiger partial charge in [0.1, 0.15) is 12.0 Å². The molecule has 0 aliphatic rings. The molecule has 2 aromatic heterocycles. The molecule has 0 saturated carbocycles. The molecule has 0 fully saturated rings. The molecule has 0 aromatic carbocycles. The molecular formula is C9H11N3. The Morgan fingerprint density at radius 2 is 2.17 bits per heavy atom. The van der Waals surface area contributed by atoms with Crippen LogP contribution >= 0.6 is 0 Å². The highest BCUT2D eigenvalue weighted by Crippen LogP contribution is 2.19. The second-order valence-corrected chi connectivity index (χ2v) is 3.15. The quantitative estimate of drug-likeness (QED) is 0.695. The largest absolute Gasteiger partial charge is 0.346 e. The van der Waals surface area contributed by atoms with E-state index in [4.69, 9.17) is 0 Å². The molecule has 3 heteroatoms. The first-order valence-corrected chi connectivity index (χ1v) is 4.07. The minimum Gasteiger partial charge on any atom is -0.346 e. The third-order valence-electron chi connectivity index (χ3n) is 1.93. The predicted molar refractivity (Wildman–Crippen MR) is 48.0 cm³/mol. The molecule has 62 valence electrons. The van der Waals surface area contributed by atoms with Crippen LogP contribution in [0.4, 0.5) is 0 Å². The Balaban J connectivity index is 2.73. The van der Waals surface area contributed by atoms with Crippen molar-refractivity contribution in [3.63, 3.8) is 0 Å². The van der Waals surface area contributed by atoms with Gasteiger partial charge in [0.25, 0.3) is 0 Å². The van der Waals surface area contributed by atoms with Gasteiger partial charge in [-0.05, 0) is 12.0 Å². The fourth-order valence-electron chi connectivity index (χ4n) is 1.35. The van der Waals surface area contributed by atoms with Gasteiger partial charge in [-0.1, -0.05) is 13.8 Å². The van der Waals surface area contributed by atoms with E-state index in [1.807, 2.05) is 12.3 Å². The summed E-state index contributed by atoms with van der Waals surface area (Å²) in [6.07, 6.45) is 3.50. The van der Waals surface area contributed by atoms with E-state index in [0.29, 0.717) is 5.92 Å². The number of H-pyrrole nitrogens is 1. The highest BCUT2D eigenvalue weighted by molar-refractivity contribution is 5.78. The first kappa shape index (κ1) is 7.28. The van der Waals surface area contributed by atoms with Gasteiger partial charge in [-0.3, -0.25) is 0 Å². The molecule has 0 bridgehead atoms. The van der Waals surface area contributed by atoms with Crippen LogP contribution in [0, 0.1) is 0 Å². The molecule has 2 aromatic rings. The van der Waals surface area contributed by atoms with Gasteiger partial charge in [0.05, 0.1) is 5.69 Å². The van der Waals surface area contributed by atoms with Gasteiger partial charge in [0, 0.05) is 11.6 Å². The average molecular weight is 161 g/mol. The minimum absolute atomic E-state index is 0.450. The lowest BCUT2D eigenvalue weighted by molar-refractivity contribution is 0.828. The van der Waals surface area contributed by atoms with Crippen molar-refractivity contribution in [2.75, 3.05) is 0 Å². The lowest BCUT2D eigenvalue weighted by Crippen LogP contribution is -1.93. The second-order valence-electron chi connectivity index (χ2n) is 3.15. The summed E-state index contributed by atoms with van der Waals surface area (Å²) in [4.78, 5) is 11.4. The predicted octanol–water partition coefficient (Wildman–Crippen LogP) is 2.08. The van der Waals surface area contributed by atoms with E-state index in [1.54, 1.807) is 6.33 Å². The zero-order chi connectivity index (χ0) is 8.55. The first-order valence-electron chi connectivity index (χ1n) is 4.07. The van der Waals surface area contributed by atoms with Crippen LogP contribution in [-0.2, 0) is 0 Å². The summed E-state index contributed by atoms with van der Waals surface area (Å²) >= 11 is 0. The van der Waals surface area contributed by atoms with Crippen molar-refractivity contribution >= 4 is 11.0 Å². The minimum atomic E-state index is 0.450. The Morgan fingerprint density at radius 3 is 2.92 bits per heavy atom. The first-order chi connectivity index (χ1) is 5.79. The Morgan fingerprint density at radius 1 is 1.33 bits per heavy atom. The van der Waals surface area contributed by atoms with Crippen molar-refractivity contribution in [3.8, 4) is 0 Å². The van der Waals surface area contributed by atoms with Gasteiger partial charge in [-0.2, -0.15) is 0 Å². The molecule has 1 N–H and O–H groups in total. The second kappa shape index (κ2) is 2.59. The van der Waals surface area contributed by atoms with Crippen molar-refractivity contribution in [2.45, 2.75) is 19.8 Å². The zero-order valence-corrected chi connectivity index (χ0v) is 7.20. The topological polar surface area (TPSA) is 41.6 Å². The third-order valence-corrected chi connectivity index (χ3v) is 1.93. The smallest absolute Gasteiger partial charge is 0.140 e. The number of nitrogens with one attached hydrogen (secondary N) is 1. The van der Waals surface area contributed by atoms with E-state index in [1.165, 1.54) is 0 Å². The summed E-state index contributed by atoms with van der Waals surface area (Å²) in [6.45, 7) is 4.27. The van der Waals surface area contributed by atoms with Crippen LogP contribution in [0.1, 0.15) is 25.5 Å². The molecule has 0 atom stereocenters. The molecular weight excluding hydrogens is 150 g/mol. The highest BCUT2D eigenvalue weighted by atomic mass is 14.9. The highest BCUT2D eigenvalue weighted by Gasteiger charge is 2.06. The summed E-state index contributed by atoms with van der Waals surface area (Å²) < 4.78 is 0. The van der Waals surface area contributed by atoms with Crippen molar-refractivity contribution in [1.82, 2.24) is 15.0 Å². The van der Waals surface area contributed by atoms with Crippen LogP contribution in [0.25, 0.3) is 11.0 Å². The van der Waals surface area contributed by atoms with E-state index >= 15 is 0 Å². The molecule has 0 amide bonds. The van der Waals surface area contributed by atoms with Crippen LogP contribution in [0.15, 0.2) is 18.6 Å². The Bertz CT molecular complexity index is 389. The van der Waals surface area contributed by atoms with Gasteiger partial charge in [0.2, 0.25) is 0 Å². The van der Waals surface area contributed by atoms with Crippen molar-refractivity contribution in [3.05, 3.63) is 24.3 Å². The Kier molecular flexibility index (Phi) is 1.57. The van der Waals surface area contributed by atoms with Crippen LogP contribution in [0.2, 0.25) is 0 Å². The SMILES string of the molecule is CC(C)c1ncnc2[nH]ccc12. The molecule has 3 nitrogen and oxygen atoms in total. The number of fused-ring (bicyclic) bond motifs is 1. The maximum atomic E-state index is 4.25. The van der Waals surface area contributed by atoms with E-state index in [9.17, 15) is 0 Å². The Labute approximate surface area is 70.9 Å². The molecule has 0 saturated heterocycles. The number of nitrogens with zero attached hydrogens (tertiary/aromatic N) is 2. The standard InChI is InChI=1S/C9H11N3/c1-6(2)8-7-3-4-10-9(7)12-5-11-8/h3-6H,1-2H3,(H,10,11,12). The van der Waals surface area contributed by atoms with E-state index < -0.39 is 0 Å². The maximum Gasteiger partial charge on any atom is 0.140 e. The van der Waals surface area contributed by atoms with Gasteiger partial charge < -0.3 is 4.98 Å². The molecule has 2 heterocycles. The van der Waals surface area contributed by atoms with Gasteiger partial charge in [-0.15, -0.1) is 0 Å². The number of hydrogen-bond donors (Lipinski definition) is 1. The van der Waals surface area contributed by atoms with Gasteiger partial charge in [0.15, 0.2) is 0 Å². The van der Waals surface area contributed by atoms with Crippen LogP contribution in [0.3, 0.4) is 0 Å². The maximum absolute atomic E-state index is 4.25. The number of aromatic amines is 1. The van der Waals surface area contributed by atoms with E-state index in [0.717, 1.165) is 16.7 Å². The molecule has 0 spiro atoms. The molecule has 0 radical (unpaired) electrons. The summed E-state index contributed by atoms with van der Waals surface area (Å²) in [6, 6.07) is 2.02. The molecule has 2 rings (SSSR count). The van der Waals surface area contributed by atoms with Crippen LogP contribution in [0.5, 0.6) is 0 Å². The zero-order valence-electron chi connectivity index (χ0n) is 7.20. The number of aromatic nitrogens is 3. The number of hydrogen-bond acceptors (Lipinski definition) is 2. The Hall–Kier alpha value is -1.38. The van der Waals surface area contributed by atoms with Crippen molar-refractivity contribution in [2.24, 2.45) is 0 Å². The lowest BCUT2D eigenvalue weighted by Gasteiger charge is -2.03. The van der Waals surface area contributed by atoms with E-state index in [2.05, 4.69) is 28.8 Å². The average Bonchev–Trinajstić information content (AvgIpc) is 2.49. The van der Waals surface area contributed by atoms with Gasteiger partial charge in [-0.25, -0.2) is 9.97 Å². The summed E-state index contributed by atoms with van der Waals surface area (Å²) in [7, 11) is 0. The lowest BCUT2D eigenvalue weighted by atomic mass is 10.1. The summed E-state index contributed by atoms with van der Waals surface area (Å²) in [5.74, 6) is 0.450. The van der Waals surface area contributed by atoms with Crippen molar-refractivity contribution < 1.29 is 0 Å². The van der Waals surface area contributed by atoms with Crippen LogP contribution in [-0.4, -0.2) is 15.0 Å². The molecule has 0 aliphatic carbocycles. The summed E-state index contributed by atoms with van der Waals surface area (Å²) in [5, 5.41) is 1.13. The molecule has 0 unspecified atom stereocenters. The summed E-state index contributed by atoms with van der Waals surface area (Å²) in [5.41, 5.74) is 2.04. The molecule has 12 heavy (non-hydrogen) atoms. The van der Waals surface area contributed by atoms with E-state index in [-0.39, 0.29) is 0 Å². The fraction of sp³-hybridized carbons (Fsp3) is 0.333. The van der Waals surface area contributed by atoms with Gasteiger partial charge >= 0.3 is 0 Å². The normalized spacial score (nSPS) is 11.2. The fourth-order valence-corrected chi connectivity index (χ4v) is 1.35. The third kappa shape index (κ3) is 0.978.